The highest BCUT2D eigenvalue weighted by Crippen LogP contribution is 2.50. The Morgan fingerprint density at radius 2 is 1.84 bits per heavy atom. The maximum absolute atomic E-state index is 2.38. The zero-order valence-electron chi connectivity index (χ0n) is 14.6. The summed E-state index contributed by atoms with van der Waals surface area (Å²) in [7, 11) is 0. The van der Waals surface area contributed by atoms with Crippen LogP contribution in [0.4, 0.5) is 0 Å². The third-order valence-corrected chi connectivity index (χ3v) is 5.76. The minimum Gasteiger partial charge on any atom is -0.0842 e. The normalized spacial score (nSPS) is 18.1. The fraction of sp³-hybridized carbons (Fsp3) is 0.200. The zero-order valence-corrected chi connectivity index (χ0v) is 14.6. The Kier molecular flexibility index (Phi) is 3.38. The van der Waals surface area contributed by atoms with Gasteiger partial charge in [0.15, 0.2) is 0 Å². The van der Waals surface area contributed by atoms with Gasteiger partial charge in [-0.3, -0.25) is 0 Å². The lowest BCUT2D eigenvalue weighted by Gasteiger charge is -2.17. The smallest absolute Gasteiger partial charge is 0.0139 e. The predicted molar refractivity (Wildman–Crippen MR) is 107 cm³/mol. The van der Waals surface area contributed by atoms with E-state index in [1.807, 2.05) is 0 Å². The number of benzene rings is 3. The average Bonchev–Trinajstić information content (AvgIpc) is 2.96. The van der Waals surface area contributed by atoms with E-state index in [4.69, 9.17) is 0 Å². The molecule has 0 fully saturated rings. The fourth-order valence-electron chi connectivity index (χ4n) is 4.54. The van der Waals surface area contributed by atoms with Crippen LogP contribution in [0.2, 0.25) is 0 Å². The highest BCUT2D eigenvalue weighted by atomic mass is 14.3. The minimum atomic E-state index is 0.493. The maximum atomic E-state index is 2.38. The Hall–Kier alpha value is -2.60. The lowest BCUT2D eigenvalue weighted by Crippen LogP contribution is -2.00. The number of hydrogen-bond donors (Lipinski definition) is 0. The van der Waals surface area contributed by atoms with Crippen LogP contribution in [0, 0.1) is 6.92 Å². The van der Waals surface area contributed by atoms with E-state index in [1.54, 1.807) is 5.57 Å². The van der Waals surface area contributed by atoms with Crippen molar-refractivity contribution in [1.82, 2.24) is 0 Å². The van der Waals surface area contributed by atoms with Gasteiger partial charge >= 0.3 is 0 Å². The van der Waals surface area contributed by atoms with E-state index in [2.05, 4.69) is 79.7 Å². The number of allylic oxidation sites excluding steroid dienone is 4. The highest BCUT2D eigenvalue weighted by Gasteiger charge is 2.30. The Bertz CT molecular complexity index is 1030. The molecule has 0 spiro atoms. The Morgan fingerprint density at radius 3 is 2.72 bits per heavy atom. The van der Waals surface area contributed by atoms with Crippen molar-refractivity contribution in [2.24, 2.45) is 0 Å². The van der Waals surface area contributed by atoms with Gasteiger partial charge in [0.2, 0.25) is 0 Å². The van der Waals surface area contributed by atoms with Gasteiger partial charge in [-0.15, -0.1) is 0 Å². The fourth-order valence-corrected chi connectivity index (χ4v) is 4.54. The number of hydrogen-bond acceptors (Lipinski definition) is 0. The summed E-state index contributed by atoms with van der Waals surface area (Å²) in [5, 5.41) is 2.74. The van der Waals surface area contributed by atoms with E-state index in [9.17, 15) is 0 Å². The zero-order chi connectivity index (χ0) is 16.8. The van der Waals surface area contributed by atoms with Gasteiger partial charge < -0.3 is 0 Å². The highest BCUT2D eigenvalue weighted by molar-refractivity contribution is 6.01. The van der Waals surface area contributed by atoms with Gasteiger partial charge in [-0.05, 0) is 59.2 Å². The summed E-state index contributed by atoms with van der Waals surface area (Å²) < 4.78 is 0. The quantitative estimate of drug-likeness (QED) is 0.480. The first kappa shape index (κ1) is 14.7. The number of fused-ring (bicyclic) bond motifs is 5. The molecule has 0 nitrogen and oxygen atoms in total. The Balaban J connectivity index is 1.73. The molecular formula is C25H22. The molecule has 0 aliphatic heterocycles. The SMILES string of the molecule is Cc1ccc2c(c1)-c1c(ccc3ccccc13)C2CC1=CC=CCC1. The van der Waals surface area contributed by atoms with Gasteiger partial charge in [0.1, 0.15) is 0 Å². The third-order valence-electron chi connectivity index (χ3n) is 5.76. The summed E-state index contributed by atoms with van der Waals surface area (Å²) in [4.78, 5) is 0. The van der Waals surface area contributed by atoms with E-state index >= 15 is 0 Å². The van der Waals surface area contributed by atoms with E-state index in [0.29, 0.717) is 5.92 Å². The number of rotatable bonds is 2. The van der Waals surface area contributed by atoms with Crippen molar-refractivity contribution in [3.63, 3.8) is 0 Å². The van der Waals surface area contributed by atoms with Crippen molar-refractivity contribution in [3.05, 3.63) is 95.1 Å². The van der Waals surface area contributed by atoms with E-state index in [0.717, 1.165) is 6.42 Å². The first-order valence-electron chi connectivity index (χ1n) is 9.28. The van der Waals surface area contributed by atoms with Gasteiger partial charge in [0.25, 0.3) is 0 Å². The first-order valence-corrected chi connectivity index (χ1v) is 9.28. The largest absolute Gasteiger partial charge is 0.0842 e. The van der Waals surface area contributed by atoms with Gasteiger partial charge in [-0.1, -0.05) is 84.0 Å². The topological polar surface area (TPSA) is 0 Å². The molecule has 0 heteroatoms. The van der Waals surface area contributed by atoms with Crippen LogP contribution in [0.1, 0.15) is 41.9 Å². The summed E-state index contributed by atoms with van der Waals surface area (Å²) in [6, 6.07) is 20.5. The van der Waals surface area contributed by atoms with Crippen molar-refractivity contribution in [1.29, 1.82) is 0 Å². The second-order valence-corrected chi connectivity index (χ2v) is 7.39. The lowest BCUT2D eigenvalue weighted by molar-refractivity contribution is 0.766. The molecular weight excluding hydrogens is 300 g/mol. The molecule has 5 rings (SSSR count). The molecule has 0 aromatic heterocycles. The summed E-state index contributed by atoms with van der Waals surface area (Å²) in [6.07, 6.45) is 10.4. The molecule has 0 saturated carbocycles. The van der Waals surface area contributed by atoms with Crippen molar-refractivity contribution < 1.29 is 0 Å². The number of aryl methyl sites for hydroxylation is 1. The Labute approximate surface area is 149 Å². The molecule has 122 valence electrons. The van der Waals surface area contributed by atoms with Crippen molar-refractivity contribution >= 4 is 10.8 Å². The van der Waals surface area contributed by atoms with Crippen LogP contribution < -0.4 is 0 Å². The summed E-state index contributed by atoms with van der Waals surface area (Å²) in [5.74, 6) is 0.493. The molecule has 3 aromatic carbocycles. The molecule has 1 atom stereocenters. The Morgan fingerprint density at radius 1 is 0.960 bits per heavy atom. The summed E-state index contributed by atoms with van der Waals surface area (Å²) in [6.45, 7) is 2.20. The van der Waals surface area contributed by atoms with Gasteiger partial charge in [0.05, 0.1) is 0 Å². The standard InChI is InChI=1S/C25H22/c1-17-11-13-21-23(16-18-7-3-2-4-8-18)22-14-12-19-9-5-6-10-20(19)25(22)24(21)15-17/h2-3,5-7,9-15,23H,4,8,16H2,1H3. The summed E-state index contributed by atoms with van der Waals surface area (Å²) in [5.41, 5.74) is 8.86. The molecule has 0 amide bonds. The third kappa shape index (κ3) is 2.36. The second kappa shape index (κ2) is 5.74. The second-order valence-electron chi connectivity index (χ2n) is 7.39. The maximum Gasteiger partial charge on any atom is 0.0139 e. The van der Waals surface area contributed by atoms with Crippen LogP contribution >= 0.6 is 0 Å². The molecule has 0 radical (unpaired) electrons. The average molecular weight is 322 g/mol. The molecule has 2 aliphatic carbocycles. The van der Waals surface area contributed by atoms with E-state index in [-0.39, 0.29) is 0 Å². The van der Waals surface area contributed by atoms with Gasteiger partial charge in [-0.25, -0.2) is 0 Å². The molecule has 0 N–H and O–H groups in total. The molecule has 0 saturated heterocycles. The van der Waals surface area contributed by atoms with Gasteiger partial charge in [0, 0.05) is 5.92 Å². The van der Waals surface area contributed by atoms with Gasteiger partial charge in [-0.2, -0.15) is 0 Å². The monoisotopic (exact) mass is 322 g/mol. The molecule has 1 unspecified atom stereocenters. The molecule has 0 bridgehead atoms. The van der Waals surface area contributed by atoms with Crippen LogP contribution in [0.5, 0.6) is 0 Å². The minimum absolute atomic E-state index is 0.493. The van der Waals surface area contributed by atoms with Crippen LogP contribution in [-0.2, 0) is 0 Å². The van der Waals surface area contributed by atoms with E-state index in [1.165, 1.54) is 51.4 Å². The predicted octanol–water partition coefficient (Wildman–Crippen LogP) is 6.93. The van der Waals surface area contributed by atoms with Crippen LogP contribution in [0.3, 0.4) is 0 Å². The van der Waals surface area contributed by atoms with E-state index < -0.39 is 0 Å². The first-order chi connectivity index (χ1) is 12.3. The van der Waals surface area contributed by atoms with Crippen molar-refractivity contribution in [2.45, 2.75) is 32.1 Å². The summed E-state index contributed by atoms with van der Waals surface area (Å²) >= 11 is 0. The molecule has 2 aliphatic rings. The van der Waals surface area contributed by atoms with Crippen molar-refractivity contribution in [3.8, 4) is 11.1 Å². The lowest BCUT2D eigenvalue weighted by atomic mass is 9.87. The molecule has 3 aromatic rings. The molecule has 0 heterocycles. The van der Waals surface area contributed by atoms with Crippen molar-refractivity contribution in [2.75, 3.05) is 0 Å². The van der Waals surface area contributed by atoms with Crippen LogP contribution in [0.15, 0.2) is 78.4 Å². The van der Waals surface area contributed by atoms with Crippen LogP contribution in [0.25, 0.3) is 21.9 Å². The van der Waals surface area contributed by atoms with Crippen LogP contribution in [-0.4, -0.2) is 0 Å². The molecule has 25 heavy (non-hydrogen) atoms.